The fourth-order valence-electron chi connectivity index (χ4n) is 0.622. The average molecular weight is 186 g/mol. The van der Waals surface area contributed by atoms with Gasteiger partial charge in [-0.1, -0.05) is 0 Å². The van der Waals surface area contributed by atoms with Crippen LogP contribution in [0.5, 0.6) is 0 Å². The molecule has 4 N–H and O–H groups in total. The lowest BCUT2D eigenvalue weighted by molar-refractivity contribution is -0.135. The number of nitrogens with one attached hydrogen (secondary N) is 1. The number of hydrogen-bond donors (Lipinski definition) is 3. The van der Waals surface area contributed by atoms with Gasteiger partial charge >= 0.3 is 5.97 Å². The SMILES string of the molecule is CCNC(=O)C(=CC(N)=O)C(=O)O. The van der Waals surface area contributed by atoms with Gasteiger partial charge in [-0.2, -0.15) is 0 Å². The molecule has 0 aromatic carbocycles. The summed E-state index contributed by atoms with van der Waals surface area (Å²) >= 11 is 0. The van der Waals surface area contributed by atoms with Crippen LogP contribution in [0.3, 0.4) is 0 Å². The van der Waals surface area contributed by atoms with E-state index in [1.165, 1.54) is 0 Å². The lowest BCUT2D eigenvalue weighted by Crippen LogP contribution is -2.29. The van der Waals surface area contributed by atoms with Crippen LogP contribution in [0.1, 0.15) is 6.92 Å². The molecule has 6 heteroatoms. The third kappa shape index (κ3) is 3.90. The van der Waals surface area contributed by atoms with Crippen LogP contribution >= 0.6 is 0 Å². The Morgan fingerprint density at radius 3 is 2.31 bits per heavy atom. The van der Waals surface area contributed by atoms with Crippen LogP contribution in [0, 0.1) is 0 Å². The summed E-state index contributed by atoms with van der Waals surface area (Å²) in [7, 11) is 0. The molecule has 0 aliphatic heterocycles. The van der Waals surface area contributed by atoms with E-state index in [-0.39, 0.29) is 6.54 Å². The Labute approximate surface area is 74.4 Å². The van der Waals surface area contributed by atoms with Gasteiger partial charge in [0.15, 0.2) is 0 Å². The summed E-state index contributed by atoms with van der Waals surface area (Å²) in [5.74, 6) is -3.28. The van der Waals surface area contributed by atoms with Crippen LogP contribution in [0.2, 0.25) is 0 Å². The van der Waals surface area contributed by atoms with Crippen molar-refractivity contribution in [2.24, 2.45) is 5.73 Å². The summed E-state index contributed by atoms with van der Waals surface area (Å²) in [6, 6.07) is 0. The van der Waals surface area contributed by atoms with Gasteiger partial charge in [0, 0.05) is 12.6 Å². The lowest BCUT2D eigenvalue weighted by atomic mass is 10.2. The van der Waals surface area contributed by atoms with Crippen LogP contribution < -0.4 is 11.1 Å². The zero-order valence-corrected chi connectivity index (χ0v) is 7.03. The van der Waals surface area contributed by atoms with E-state index in [4.69, 9.17) is 10.8 Å². The second-order valence-electron chi connectivity index (χ2n) is 2.12. The molecule has 72 valence electrons. The van der Waals surface area contributed by atoms with Crippen molar-refractivity contribution in [3.05, 3.63) is 11.6 Å². The van der Waals surface area contributed by atoms with Gasteiger partial charge in [0.2, 0.25) is 5.91 Å². The molecule has 0 radical (unpaired) electrons. The largest absolute Gasteiger partial charge is 0.477 e. The Kier molecular flexibility index (Phi) is 4.21. The normalized spacial score (nSPS) is 10.7. The minimum Gasteiger partial charge on any atom is -0.477 e. The number of carbonyl (C=O) groups excluding carboxylic acids is 2. The van der Waals surface area contributed by atoms with Gasteiger partial charge in [0.1, 0.15) is 5.57 Å². The molecule has 0 saturated carbocycles. The summed E-state index contributed by atoms with van der Waals surface area (Å²) < 4.78 is 0. The molecular weight excluding hydrogens is 176 g/mol. The fourth-order valence-corrected chi connectivity index (χ4v) is 0.622. The Balaban J connectivity index is 4.71. The van der Waals surface area contributed by atoms with Crippen LogP contribution in [0.4, 0.5) is 0 Å². The van der Waals surface area contributed by atoms with E-state index < -0.39 is 23.4 Å². The third-order valence-electron chi connectivity index (χ3n) is 1.10. The van der Waals surface area contributed by atoms with Gasteiger partial charge in [-0.3, -0.25) is 9.59 Å². The van der Waals surface area contributed by atoms with E-state index in [1.807, 2.05) is 0 Å². The van der Waals surface area contributed by atoms with Crippen molar-refractivity contribution in [3.63, 3.8) is 0 Å². The minimum atomic E-state index is -1.48. The highest BCUT2D eigenvalue weighted by atomic mass is 16.4. The molecule has 2 amide bonds. The maximum Gasteiger partial charge on any atom is 0.341 e. The van der Waals surface area contributed by atoms with Crippen molar-refractivity contribution in [1.82, 2.24) is 5.32 Å². The number of carboxylic acid groups (broad SMARTS) is 1. The van der Waals surface area contributed by atoms with Gasteiger partial charge in [-0.15, -0.1) is 0 Å². The number of hydrogen-bond acceptors (Lipinski definition) is 3. The smallest absolute Gasteiger partial charge is 0.341 e. The van der Waals surface area contributed by atoms with Crippen LogP contribution in [0.25, 0.3) is 0 Å². The Morgan fingerprint density at radius 2 is 2.00 bits per heavy atom. The molecule has 0 aliphatic carbocycles. The first kappa shape index (κ1) is 11.2. The molecule has 13 heavy (non-hydrogen) atoms. The third-order valence-corrected chi connectivity index (χ3v) is 1.10. The van der Waals surface area contributed by atoms with E-state index in [2.05, 4.69) is 5.32 Å². The average Bonchev–Trinajstić information content (AvgIpc) is 1.99. The molecule has 0 aliphatic rings. The highest BCUT2D eigenvalue weighted by Crippen LogP contribution is 1.93. The summed E-state index contributed by atoms with van der Waals surface area (Å²) in [4.78, 5) is 31.7. The molecule has 0 aromatic rings. The lowest BCUT2D eigenvalue weighted by Gasteiger charge is -2.00. The Hall–Kier alpha value is -1.85. The predicted molar refractivity (Wildman–Crippen MR) is 43.6 cm³/mol. The van der Waals surface area contributed by atoms with Crippen LogP contribution in [0.15, 0.2) is 11.6 Å². The van der Waals surface area contributed by atoms with Crippen molar-refractivity contribution in [2.45, 2.75) is 6.92 Å². The number of rotatable bonds is 4. The zero-order valence-electron chi connectivity index (χ0n) is 7.03. The highest BCUT2D eigenvalue weighted by molar-refractivity contribution is 6.18. The molecule has 0 bridgehead atoms. The molecule has 0 saturated heterocycles. The van der Waals surface area contributed by atoms with Crippen molar-refractivity contribution >= 4 is 17.8 Å². The Bertz CT molecular complexity index is 270. The van der Waals surface area contributed by atoms with Gasteiger partial charge in [-0.25, -0.2) is 4.79 Å². The molecule has 0 atom stereocenters. The van der Waals surface area contributed by atoms with Gasteiger partial charge in [0.25, 0.3) is 5.91 Å². The van der Waals surface area contributed by atoms with E-state index in [0.717, 1.165) is 0 Å². The second-order valence-corrected chi connectivity index (χ2v) is 2.12. The zero-order chi connectivity index (χ0) is 10.4. The quantitative estimate of drug-likeness (QED) is 0.285. The van der Waals surface area contributed by atoms with E-state index >= 15 is 0 Å². The number of amides is 2. The van der Waals surface area contributed by atoms with Crippen molar-refractivity contribution in [2.75, 3.05) is 6.54 Å². The van der Waals surface area contributed by atoms with Gasteiger partial charge < -0.3 is 16.2 Å². The first-order chi connectivity index (χ1) is 5.99. The van der Waals surface area contributed by atoms with Crippen LogP contribution in [-0.2, 0) is 14.4 Å². The number of carboxylic acids is 1. The van der Waals surface area contributed by atoms with Crippen molar-refractivity contribution in [1.29, 1.82) is 0 Å². The number of aliphatic carboxylic acids is 1. The molecule has 6 nitrogen and oxygen atoms in total. The standard InChI is InChI=1S/C7H10N2O4/c1-2-9-6(11)4(7(12)13)3-5(8)10/h3H,2H2,1H3,(H2,8,10)(H,9,11)(H,12,13). The Morgan fingerprint density at radius 1 is 1.46 bits per heavy atom. The maximum atomic E-state index is 11.0. The fraction of sp³-hybridized carbons (Fsp3) is 0.286. The number of likely N-dealkylation sites (N-methyl/N-ethyl adjacent to an activating group) is 1. The van der Waals surface area contributed by atoms with Crippen molar-refractivity contribution < 1.29 is 19.5 Å². The molecule has 0 rings (SSSR count). The van der Waals surface area contributed by atoms with E-state index in [9.17, 15) is 14.4 Å². The monoisotopic (exact) mass is 186 g/mol. The highest BCUT2D eigenvalue weighted by Gasteiger charge is 2.16. The number of primary amides is 1. The van der Waals surface area contributed by atoms with E-state index in [1.54, 1.807) is 6.92 Å². The second kappa shape index (κ2) is 4.91. The predicted octanol–water partition coefficient (Wildman–Crippen LogP) is -1.38. The molecule has 0 aromatic heterocycles. The summed E-state index contributed by atoms with van der Waals surface area (Å²) in [6.07, 6.45) is 0.577. The van der Waals surface area contributed by atoms with Crippen LogP contribution in [-0.4, -0.2) is 29.4 Å². The maximum absolute atomic E-state index is 11.0. The minimum absolute atomic E-state index is 0.280. The van der Waals surface area contributed by atoms with E-state index in [0.29, 0.717) is 6.08 Å². The number of carbonyl (C=O) groups is 3. The molecule has 0 fully saturated rings. The molecule has 0 unspecified atom stereocenters. The summed E-state index contributed by atoms with van der Waals surface area (Å²) in [5.41, 5.74) is 4.05. The number of nitrogens with two attached hydrogens (primary N) is 1. The van der Waals surface area contributed by atoms with Gasteiger partial charge in [0.05, 0.1) is 0 Å². The summed E-state index contributed by atoms with van der Waals surface area (Å²) in [5, 5.41) is 10.7. The first-order valence-electron chi connectivity index (χ1n) is 3.51. The molecule has 0 heterocycles. The molecule has 0 spiro atoms. The first-order valence-corrected chi connectivity index (χ1v) is 3.51. The van der Waals surface area contributed by atoms with Crippen molar-refractivity contribution in [3.8, 4) is 0 Å². The van der Waals surface area contributed by atoms with Gasteiger partial charge in [-0.05, 0) is 6.92 Å². The molecular formula is C7H10N2O4. The summed E-state index contributed by atoms with van der Waals surface area (Å²) in [6.45, 7) is 1.91. The topological polar surface area (TPSA) is 109 Å².